The van der Waals surface area contributed by atoms with Gasteiger partial charge in [-0.2, -0.15) is 0 Å². The second-order valence-electron chi connectivity index (χ2n) is 4.14. The first-order valence-electron chi connectivity index (χ1n) is 5.97. The molecule has 0 unspecified atom stereocenters. The lowest BCUT2D eigenvalue weighted by molar-refractivity contribution is 0.397. The molecule has 0 aromatic carbocycles. The Morgan fingerprint density at radius 3 is 2.80 bits per heavy atom. The Bertz CT molecular complexity index is 615. The number of hydrogen-bond acceptors (Lipinski definition) is 6. The molecule has 0 aliphatic carbocycles. The van der Waals surface area contributed by atoms with Gasteiger partial charge in [0.05, 0.1) is 7.11 Å². The van der Waals surface area contributed by atoms with Gasteiger partial charge in [-0.15, -0.1) is 0 Å². The fourth-order valence-electron chi connectivity index (χ4n) is 1.59. The van der Waals surface area contributed by atoms with E-state index in [-0.39, 0.29) is 4.99 Å². The number of ether oxygens (including phenoxy) is 1. The van der Waals surface area contributed by atoms with Crippen molar-refractivity contribution < 1.29 is 4.74 Å². The molecule has 0 saturated carbocycles. The standard InChI is InChI=1S/C13H15N5OS/c1-8-5-10(12(14)20)18-13(17-8)16-7-9-3-4-11(19-2)15-6-9/h3-6H,7H2,1-2H3,(H2,14,20)(H,16,17,18). The molecule has 3 N–H and O–H groups in total. The van der Waals surface area contributed by atoms with E-state index in [1.807, 2.05) is 13.0 Å². The van der Waals surface area contributed by atoms with Crippen molar-refractivity contribution in [2.45, 2.75) is 13.5 Å². The van der Waals surface area contributed by atoms with Gasteiger partial charge in [-0.25, -0.2) is 15.0 Å². The molecule has 2 heterocycles. The summed E-state index contributed by atoms with van der Waals surface area (Å²) in [7, 11) is 1.58. The number of nitrogens with zero attached hydrogens (tertiary/aromatic N) is 3. The first-order valence-corrected chi connectivity index (χ1v) is 6.37. The van der Waals surface area contributed by atoms with Crippen molar-refractivity contribution in [1.29, 1.82) is 0 Å². The zero-order valence-corrected chi connectivity index (χ0v) is 12.1. The molecule has 0 bridgehead atoms. The molecule has 20 heavy (non-hydrogen) atoms. The third kappa shape index (κ3) is 3.61. The quantitative estimate of drug-likeness (QED) is 0.805. The maximum atomic E-state index is 5.58. The lowest BCUT2D eigenvalue weighted by Gasteiger charge is -2.07. The average molecular weight is 289 g/mol. The van der Waals surface area contributed by atoms with Crippen molar-refractivity contribution in [3.05, 3.63) is 41.3 Å². The topological polar surface area (TPSA) is 86.0 Å². The molecule has 0 amide bonds. The number of aryl methyl sites for hydroxylation is 1. The molecule has 6 nitrogen and oxygen atoms in total. The van der Waals surface area contributed by atoms with E-state index in [1.54, 1.807) is 25.4 Å². The molecule has 0 aliphatic rings. The second-order valence-corrected chi connectivity index (χ2v) is 4.58. The van der Waals surface area contributed by atoms with E-state index in [0.29, 0.717) is 24.1 Å². The molecule has 2 aromatic heterocycles. The zero-order chi connectivity index (χ0) is 14.5. The van der Waals surface area contributed by atoms with E-state index >= 15 is 0 Å². The molecule has 0 fully saturated rings. The first-order chi connectivity index (χ1) is 9.58. The van der Waals surface area contributed by atoms with Crippen LogP contribution in [0, 0.1) is 6.92 Å². The van der Waals surface area contributed by atoms with Crippen molar-refractivity contribution >= 4 is 23.2 Å². The van der Waals surface area contributed by atoms with E-state index < -0.39 is 0 Å². The van der Waals surface area contributed by atoms with Crippen LogP contribution in [0.2, 0.25) is 0 Å². The molecule has 7 heteroatoms. The van der Waals surface area contributed by atoms with Crippen molar-refractivity contribution in [3.63, 3.8) is 0 Å². The van der Waals surface area contributed by atoms with Crippen LogP contribution in [-0.2, 0) is 6.54 Å². The summed E-state index contributed by atoms with van der Waals surface area (Å²) in [6, 6.07) is 5.47. The Kier molecular flexibility index (Phi) is 4.41. The van der Waals surface area contributed by atoms with Gasteiger partial charge in [-0.05, 0) is 18.6 Å². The van der Waals surface area contributed by atoms with E-state index in [2.05, 4.69) is 20.3 Å². The normalized spacial score (nSPS) is 10.1. The Balaban J connectivity index is 2.08. The summed E-state index contributed by atoms with van der Waals surface area (Å²) >= 11 is 4.92. The van der Waals surface area contributed by atoms with E-state index in [1.165, 1.54) is 0 Å². The number of thiocarbonyl (C=S) groups is 1. The van der Waals surface area contributed by atoms with Gasteiger partial charge < -0.3 is 15.8 Å². The molecular weight excluding hydrogens is 274 g/mol. The van der Waals surface area contributed by atoms with Crippen LogP contribution in [0.25, 0.3) is 0 Å². The predicted molar refractivity (Wildman–Crippen MR) is 80.8 cm³/mol. The highest BCUT2D eigenvalue weighted by Gasteiger charge is 2.04. The highest BCUT2D eigenvalue weighted by atomic mass is 32.1. The monoisotopic (exact) mass is 289 g/mol. The Hall–Kier alpha value is -2.28. The van der Waals surface area contributed by atoms with Crippen LogP contribution in [0.15, 0.2) is 24.4 Å². The van der Waals surface area contributed by atoms with E-state index in [0.717, 1.165) is 11.3 Å². The molecule has 0 spiro atoms. The number of rotatable bonds is 5. The lowest BCUT2D eigenvalue weighted by atomic mass is 10.3. The Morgan fingerprint density at radius 1 is 1.40 bits per heavy atom. The predicted octanol–water partition coefficient (Wildman–Crippen LogP) is 1.43. The zero-order valence-electron chi connectivity index (χ0n) is 11.3. The Labute approximate surface area is 122 Å². The number of methoxy groups -OCH3 is 1. The number of aromatic nitrogens is 3. The van der Waals surface area contributed by atoms with E-state index in [9.17, 15) is 0 Å². The van der Waals surface area contributed by atoms with Gasteiger partial charge in [0.15, 0.2) is 0 Å². The van der Waals surface area contributed by atoms with Crippen LogP contribution >= 0.6 is 12.2 Å². The van der Waals surface area contributed by atoms with Gasteiger partial charge in [-0.3, -0.25) is 0 Å². The van der Waals surface area contributed by atoms with Crippen LogP contribution in [0.4, 0.5) is 5.95 Å². The highest BCUT2D eigenvalue weighted by molar-refractivity contribution is 7.80. The highest BCUT2D eigenvalue weighted by Crippen LogP contribution is 2.09. The second kappa shape index (κ2) is 6.25. The summed E-state index contributed by atoms with van der Waals surface area (Å²) < 4.78 is 5.01. The maximum Gasteiger partial charge on any atom is 0.223 e. The van der Waals surface area contributed by atoms with Gasteiger partial charge in [0.25, 0.3) is 0 Å². The molecule has 0 aliphatic heterocycles. The van der Waals surface area contributed by atoms with Crippen LogP contribution in [-0.4, -0.2) is 27.1 Å². The summed E-state index contributed by atoms with van der Waals surface area (Å²) in [5.74, 6) is 1.07. The van der Waals surface area contributed by atoms with Gasteiger partial charge >= 0.3 is 0 Å². The fourth-order valence-corrected chi connectivity index (χ4v) is 1.70. The minimum absolute atomic E-state index is 0.254. The van der Waals surface area contributed by atoms with Crippen molar-refractivity contribution in [1.82, 2.24) is 15.0 Å². The van der Waals surface area contributed by atoms with Gasteiger partial charge in [0.1, 0.15) is 10.7 Å². The molecule has 0 saturated heterocycles. The molecule has 0 radical (unpaired) electrons. The average Bonchev–Trinajstić information content (AvgIpc) is 2.45. The number of hydrogen-bond donors (Lipinski definition) is 2. The molecule has 0 atom stereocenters. The third-order valence-corrected chi connectivity index (χ3v) is 2.77. The van der Waals surface area contributed by atoms with Crippen LogP contribution in [0.1, 0.15) is 17.0 Å². The summed E-state index contributed by atoms with van der Waals surface area (Å²) in [5.41, 5.74) is 7.94. The minimum Gasteiger partial charge on any atom is -0.481 e. The van der Waals surface area contributed by atoms with Crippen molar-refractivity contribution in [3.8, 4) is 5.88 Å². The fraction of sp³-hybridized carbons (Fsp3) is 0.231. The van der Waals surface area contributed by atoms with Crippen LogP contribution < -0.4 is 15.8 Å². The first kappa shape index (κ1) is 14.1. The molecule has 2 rings (SSSR count). The number of nitrogens with two attached hydrogens (primary N) is 1. The molecule has 104 valence electrons. The largest absolute Gasteiger partial charge is 0.481 e. The number of nitrogens with one attached hydrogen (secondary N) is 1. The summed E-state index contributed by atoms with van der Waals surface area (Å²) in [6.07, 6.45) is 1.73. The lowest BCUT2D eigenvalue weighted by Crippen LogP contribution is -2.14. The maximum absolute atomic E-state index is 5.58. The summed E-state index contributed by atoms with van der Waals surface area (Å²) in [4.78, 5) is 12.9. The van der Waals surface area contributed by atoms with Gasteiger partial charge in [0, 0.05) is 24.5 Å². The van der Waals surface area contributed by atoms with Crippen molar-refractivity contribution in [2.75, 3.05) is 12.4 Å². The third-order valence-electron chi connectivity index (χ3n) is 2.56. The summed E-state index contributed by atoms with van der Waals surface area (Å²) in [5, 5.41) is 3.12. The van der Waals surface area contributed by atoms with Crippen molar-refractivity contribution in [2.24, 2.45) is 5.73 Å². The summed E-state index contributed by atoms with van der Waals surface area (Å²) in [6.45, 7) is 2.42. The Morgan fingerprint density at radius 2 is 2.20 bits per heavy atom. The molecule has 2 aromatic rings. The van der Waals surface area contributed by atoms with Crippen LogP contribution in [0.5, 0.6) is 5.88 Å². The number of anilines is 1. The minimum atomic E-state index is 0.254. The van der Waals surface area contributed by atoms with Gasteiger partial charge in [0.2, 0.25) is 11.8 Å². The molecular formula is C13H15N5OS. The SMILES string of the molecule is COc1ccc(CNc2nc(C)cc(C(N)=S)n2)cn1. The van der Waals surface area contributed by atoms with Crippen LogP contribution in [0.3, 0.4) is 0 Å². The smallest absolute Gasteiger partial charge is 0.223 e. The van der Waals surface area contributed by atoms with Gasteiger partial charge in [-0.1, -0.05) is 18.3 Å². The number of pyridine rings is 1. The van der Waals surface area contributed by atoms with E-state index in [4.69, 9.17) is 22.7 Å².